The second kappa shape index (κ2) is 9.40. The summed E-state index contributed by atoms with van der Waals surface area (Å²) in [5.41, 5.74) is 1.52. The second-order valence-corrected chi connectivity index (χ2v) is 6.09. The summed E-state index contributed by atoms with van der Waals surface area (Å²) in [6, 6.07) is 8.69. The van der Waals surface area contributed by atoms with Crippen LogP contribution in [0.25, 0.3) is 0 Å². The van der Waals surface area contributed by atoms with Gasteiger partial charge in [0.2, 0.25) is 0 Å². The summed E-state index contributed by atoms with van der Waals surface area (Å²) in [6.45, 7) is 4.37. The van der Waals surface area contributed by atoms with Crippen LogP contribution in [0.3, 0.4) is 0 Å². The van der Waals surface area contributed by atoms with Crippen molar-refractivity contribution in [3.63, 3.8) is 0 Å². The second-order valence-electron chi connectivity index (χ2n) is 5.68. The number of benzene rings is 2. The van der Waals surface area contributed by atoms with Gasteiger partial charge in [0.25, 0.3) is 0 Å². The monoisotopic (exact) mass is 381 g/mol. The third-order valence-corrected chi connectivity index (χ3v) is 4.04. The predicted molar refractivity (Wildman–Crippen MR) is 97.3 cm³/mol. The van der Waals surface area contributed by atoms with E-state index in [0.717, 1.165) is 5.56 Å². The van der Waals surface area contributed by atoms with Crippen molar-refractivity contribution in [3.8, 4) is 11.5 Å². The smallest absolute Gasteiger partial charge is 0.320 e. The molecule has 0 saturated heterocycles. The fourth-order valence-electron chi connectivity index (χ4n) is 2.19. The molecule has 2 aromatic carbocycles. The molecule has 0 radical (unpaired) electrons. The van der Waals surface area contributed by atoms with Crippen molar-refractivity contribution in [2.24, 2.45) is 0 Å². The lowest BCUT2D eigenvalue weighted by atomic mass is 10.1. The van der Waals surface area contributed by atoms with E-state index in [1.807, 2.05) is 6.92 Å². The van der Waals surface area contributed by atoms with Gasteiger partial charge in [0.05, 0.1) is 6.61 Å². The molecule has 140 valence electrons. The number of hydrogen-bond acceptors (Lipinski definition) is 4. The number of rotatable bonds is 9. The topological polar surface area (TPSA) is 67.8 Å². The van der Waals surface area contributed by atoms with Crippen molar-refractivity contribution in [2.75, 3.05) is 6.61 Å². The molecular formula is C19H21ClFNO4. The first-order valence-electron chi connectivity index (χ1n) is 8.19. The van der Waals surface area contributed by atoms with Crippen molar-refractivity contribution < 1.29 is 23.8 Å². The highest BCUT2D eigenvalue weighted by Gasteiger charge is 2.14. The lowest BCUT2D eigenvalue weighted by Crippen LogP contribution is -2.33. The Hall–Kier alpha value is -2.31. The predicted octanol–water partition coefficient (Wildman–Crippen LogP) is 4.02. The zero-order chi connectivity index (χ0) is 19.1. The van der Waals surface area contributed by atoms with E-state index < -0.39 is 12.0 Å². The van der Waals surface area contributed by atoms with Gasteiger partial charge < -0.3 is 19.9 Å². The molecule has 0 saturated carbocycles. The van der Waals surface area contributed by atoms with E-state index in [1.54, 1.807) is 31.2 Å². The van der Waals surface area contributed by atoms with Crippen LogP contribution < -0.4 is 14.8 Å². The number of hydrogen-bond donors (Lipinski definition) is 2. The maximum atomic E-state index is 13.0. The molecule has 0 spiro atoms. The molecule has 0 aromatic heterocycles. The molecule has 0 aliphatic heterocycles. The SMILES string of the molecule is CCOc1cc(CNC(C)C(=O)O)c(Cl)cc1OCc1ccc(F)cc1. The highest BCUT2D eigenvalue weighted by molar-refractivity contribution is 6.31. The Morgan fingerprint density at radius 2 is 1.88 bits per heavy atom. The van der Waals surface area contributed by atoms with Crippen LogP contribution >= 0.6 is 11.6 Å². The molecule has 5 nitrogen and oxygen atoms in total. The van der Waals surface area contributed by atoms with Gasteiger partial charge in [-0.25, -0.2) is 4.39 Å². The Morgan fingerprint density at radius 3 is 2.50 bits per heavy atom. The van der Waals surface area contributed by atoms with Crippen LogP contribution in [0.15, 0.2) is 36.4 Å². The Bertz CT molecular complexity index is 752. The molecule has 7 heteroatoms. The number of carbonyl (C=O) groups is 1. The van der Waals surface area contributed by atoms with Gasteiger partial charge in [0.1, 0.15) is 18.5 Å². The first kappa shape index (κ1) is 20.0. The summed E-state index contributed by atoms with van der Waals surface area (Å²) in [4.78, 5) is 10.9. The number of carboxylic acid groups (broad SMARTS) is 1. The molecule has 0 aliphatic rings. The van der Waals surface area contributed by atoms with Crippen LogP contribution in [-0.4, -0.2) is 23.7 Å². The van der Waals surface area contributed by atoms with E-state index in [9.17, 15) is 9.18 Å². The van der Waals surface area contributed by atoms with Crippen molar-refractivity contribution in [2.45, 2.75) is 33.0 Å². The maximum Gasteiger partial charge on any atom is 0.320 e. The minimum atomic E-state index is -0.939. The summed E-state index contributed by atoms with van der Waals surface area (Å²) in [5.74, 6) is -0.264. The molecular weight excluding hydrogens is 361 g/mol. The van der Waals surface area contributed by atoms with E-state index in [0.29, 0.717) is 28.7 Å². The summed E-state index contributed by atoms with van der Waals surface area (Å²) in [6.07, 6.45) is 0. The summed E-state index contributed by atoms with van der Waals surface area (Å²) < 4.78 is 24.3. The average Bonchev–Trinajstić information content (AvgIpc) is 2.61. The van der Waals surface area contributed by atoms with Gasteiger partial charge in [0.15, 0.2) is 11.5 Å². The lowest BCUT2D eigenvalue weighted by Gasteiger charge is -2.16. The van der Waals surface area contributed by atoms with Crippen molar-refractivity contribution in [3.05, 3.63) is 58.4 Å². The fourth-order valence-corrected chi connectivity index (χ4v) is 2.41. The van der Waals surface area contributed by atoms with Gasteiger partial charge in [-0.15, -0.1) is 0 Å². The normalized spacial score (nSPS) is 11.8. The largest absolute Gasteiger partial charge is 0.490 e. The minimum absolute atomic E-state index is 0.240. The molecule has 0 fully saturated rings. The fraction of sp³-hybridized carbons (Fsp3) is 0.316. The van der Waals surface area contributed by atoms with Crippen LogP contribution in [0, 0.1) is 5.82 Å². The summed E-state index contributed by atoms with van der Waals surface area (Å²) in [5, 5.41) is 12.3. The first-order chi connectivity index (χ1) is 12.4. The number of ether oxygens (including phenoxy) is 2. The molecule has 1 unspecified atom stereocenters. The number of aliphatic carboxylic acids is 1. The van der Waals surface area contributed by atoms with Crippen LogP contribution in [0.5, 0.6) is 11.5 Å². The highest BCUT2D eigenvalue weighted by Crippen LogP contribution is 2.34. The standard InChI is InChI=1S/C19H21ClFNO4/c1-3-25-17-8-14(10-22-12(2)19(23)24)16(20)9-18(17)26-11-13-4-6-15(21)7-5-13/h4-9,12,22H,3,10-11H2,1-2H3,(H,23,24). The summed E-state index contributed by atoms with van der Waals surface area (Å²) in [7, 11) is 0. The molecule has 0 amide bonds. The third kappa shape index (κ3) is 5.61. The van der Waals surface area contributed by atoms with E-state index in [1.165, 1.54) is 12.1 Å². The molecule has 0 bridgehead atoms. The number of halogens is 2. The zero-order valence-electron chi connectivity index (χ0n) is 14.6. The number of carboxylic acids is 1. The first-order valence-corrected chi connectivity index (χ1v) is 8.57. The molecule has 26 heavy (non-hydrogen) atoms. The van der Waals surface area contributed by atoms with Crippen LogP contribution in [0.1, 0.15) is 25.0 Å². The molecule has 2 N–H and O–H groups in total. The quantitative estimate of drug-likeness (QED) is 0.686. The van der Waals surface area contributed by atoms with Crippen molar-refractivity contribution in [1.82, 2.24) is 5.32 Å². The van der Waals surface area contributed by atoms with Crippen LogP contribution in [0.2, 0.25) is 5.02 Å². The van der Waals surface area contributed by atoms with Gasteiger partial charge in [-0.1, -0.05) is 23.7 Å². The molecule has 2 rings (SSSR count). The minimum Gasteiger partial charge on any atom is -0.490 e. The zero-order valence-corrected chi connectivity index (χ0v) is 15.3. The number of nitrogens with one attached hydrogen (secondary N) is 1. The van der Waals surface area contributed by atoms with Crippen LogP contribution in [-0.2, 0) is 17.9 Å². The Labute approximate surface area is 156 Å². The average molecular weight is 382 g/mol. The molecule has 0 heterocycles. The third-order valence-electron chi connectivity index (χ3n) is 3.69. The van der Waals surface area contributed by atoms with E-state index in [-0.39, 0.29) is 19.0 Å². The molecule has 0 aliphatic carbocycles. The Kier molecular flexibility index (Phi) is 7.24. The van der Waals surface area contributed by atoms with E-state index in [4.69, 9.17) is 26.2 Å². The highest BCUT2D eigenvalue weighted by atomic mass is 35.5. The lowest BCUT2D eigenvalue weighted by molar-refractivity contribution is -0.139. The van der Waals surface area contributed by atoms with E-state index >= 15 is 0 Å². The van der Waals surface area contributed by atoms with Crippen LogP contribution in [0.4, 0.5) is 4.39 Å². The molecule has 2 aromatic rings. The van der Waals surface area contributed by atoms with Gasteiger partial charge in [-0.05, 0) is 43.2 Å². The van der Waals surface area contributed by atoms with Gasteiger partial charge in [0, 0.05) is 17.6 Å². The van der Waals surface area contributed by atoms with Crippen molar-refractivity contribution >= 4 is 17.6 Å². The van der Waals surface area contributed by atoms with E-state index in [2.05, 4.69) is 5.32 Å². The van der Waals surface area contributed by atoms with Gasteiger partial charge in [-0.3, -0.25) is 4.79 Å². The Balaban J connectivity index is 2.13. The summed E-state index contributed by atoms with van der Waals surface area (Å²) >= 11 is 6.29. The molecule has 1 atom stereocenters. The Morgan fingerprint density at radius 1 is 1.23 bits per heavy atom. The van der Waals surface area contributed by atoms with Gasteiger partial charge in [-0.2, -0.15) is 0 Å². The van der Waals surface area contributed by atoms with Crippen molar-refractivity contribution in [1.29, 1.82) is 0 Å². The van der Waals surface area contributed by atoms with Gasteiger partial charge >= 0.3 is 5.97 Å². The maximum absolute atomic E-state index is 13.0.